The van der Waals surface area contributed by atoms with Crippen LogP contribution in [0.3, 0.4) is 0 Å². The Balaban J connectivity index is 1.70. The van der Waals surface area contributed by atoms with Crippen LogP contribution in [-0.2, 0) is 6.61 Å². The van der Waals surface area contributed by atoms with Crippen LogP contribution in [0.15, 0.2) is 62.5 Å². The Labute approximate surface area is 192 Å². The third-order valence-electron chi connectivity index (χ3n) is 4.21. The van der Waals surface area contributed by atoms with Gasteiger partial charge in [-0.1, -0.05) is 0 Å². The topological polar surface area (TPSA) is 116 Å². The maximum absolute atomic E-state index is 12.0. The van der Waals surface area contributed by atoms with Crippen LogP contribution in [-0.4, -0.2) is 23.7 Å². The van der Waals surface area contributed by atoms with Crippen LogP contribution in [0, 0.1) is 17.0 Å². The lowest BCUT2D eigenvalue weighted by molar-refractivity contribution is -0.384. The minimum Gasteiger partial charge on any atom is -0.490 e. The number of rotatable bonds is 9. The predicted octanol–water partition coefficient (Wildman–Crippen LogP) is 5.00. The van der Waals surface area contributed by atoms with Gasteiger partial charge in [0.15, 0.2) is 17.3 Å². The molecule has 1 amide bonds. The normalized spacial score (nSPS) is 10.8. The smallest absolute Gasteiger partial charge is 0.307 e. The molecular weight excluding hydrogens is 482 g/mol. The summed E-state index contributed by atoms with van der Waals surface area (Å²) in [5, 5.41) is 14.7. The van der Waals surface area contributed by atoms with Crippen molar-refractivity contribution in [3.63, 3.8) is 0 Å². The number of non-ortho nitro benzene ring substituents is 1. The number of hydrazone groups is 1. The molecule has 0 bridgehead atoms. The first-order valence-corrected chi connectivity index (χ1v) is 10.4. The Bertz CT molecular complexity index is 1140. The standard InChI is InChI=1S/C22H20BrN3O6/c1-3-30-20-11-16(12-24-25-22(27)19-9-4-14(2)32-19)10-18(23)21(20)31-13-15-5-7-17(8-6-15)26(28)29/h4-12H,3,13H2,1-2H3,(H,25,27)/b24-12-. The average molecular weight is 502 g/mol. The van der Waals surface area contributed by atoms with E-state index < -0.39 is 10.8 Å². The highest BCUT2D eigenvalue weighted by Crippen LogP contribution is 2.37. The number of nitrogens with zero attached hydrogens (tertiary/aromatic N) is 2. The first-order valence-electron chi connectivity index (χ1n) is 9.59. The van der Waals surface area contributed by atoms with E-state index in [1.54, 1.807) is 43.3 Å². The second kappa shape index (κ2) is 10.6. The fraction of sp³-hybridized carbons (Fsp3) is 0.182. The summed E-state index contributed by atoms with van der Waals surface area (Å²) in [4.78, 5) is 22.3. The van der Waals surface area contributed by atoms with E-state index in [-0.39, 0.29) is 18.1 Å². The number of nitro groups is 1. The highest BCUT2D eigenvalue weighted by molar-refractivity contribution is 9.10. The quantitative estimate of drug-likeness (QED) is 0.250. The van der Waals surface area contributed by atoms with Gasteiger partial charge in [0.2, 0.25) is 0 Å². The van der Waals surface area contributed by atoms with Crippen molar-refractivity contribution >= 4 is 33.7 Å². The van der Waals surface area contributed by atoms with Crippen LogP contribution in [0.1, 0.15) is 34.4 Å². The number of amides is 1. The Morgan fingerprint density at radius 1 is 1.22 bits per heavy atom. The number of halogens is 1. The second-order valence-corrected chi connectivity index (χ2v) is 7.44. The third kappa shape index (κ3) is 5.94. The van der Waals surface area contributed by atoms with Crippen molar-refractivity contribution in [2.45, 2.75) is 20.5 Å². The van der Waals surface area contributed by atoms with Crippen molar-refractivity contribution in [3.8, 4) is 11.5 Å². The molecular formula is C22H20BrN3O6. The van der Waals surface area contributed by atoms with Gasteiger partial charge >= 0.3 is 5.91 Å². The number of carbonyl (C=O) groups excluding carboxylic acids is 1. The Morgan fingerprint density at radius 2 is 1.97 bits per heavy atom. The molecule has 2 aromatic carbocycles. The van der Waals surface area contributed by atoms with Crippen molar-refractivity contribution in [2.75, 3.05) is 6.61 Å². The zero-order valence-electron chi connectivity index (χ0n) is 17.3. The van der Waals surface area contributed by atoms with E-state index >= 15 is 0 Å². The largest absolute Gasteiger partial charge is 0.490 e. The fourth-order valence-corrected chi connectivity index (χ4v) is 3.29. The van der Waals surface area contributed by atoms with Gasteiger partial charge in [0.1, 0.15) is 12.4 Å². The van der Waals surface area contributed by atoms with Crippen molar-refractivity contribution in [2.24, 2.45) is 5.10 Å². The van der Waals surface area contributed by atoms with E-state index in [4.69, 9.17) is 13.9 Å². The molecule has 0 atom stereocenters. The van der Waals surface area contributed by atoms with Crippen molar-refractivity contribution in [1.82, 2.24) is 5.43 Å². The van der Waals surface area contributed by atoms with E-state index in [1.807, 2.05) is 6.92 Å². The monoisotopic (exact) mass is 501 g/mol. The number of furan rings is 1. The van der Waals surface area contributed by atoms with Gasteiger partial charge in [0.05, 0.1) is 22.2 Å². The van der Waals surface area contributed by atoms with E-state index in [0.29, 0.717) is 33.9 Å². The van der Waals surface area contributed by atoms with E-state index in [2.05, 4.69) is 26.5 Å². The minimum atomic E-state index is -0.457. The maximum atomic E-state index is 12.0. The highest BCUT2D eigenvalue weighted by Gasteiger charge is 2.13. The molecule has 1 heterocycles. The van der Waals surface area contributed by atoms with Crippen LogP contribution < -0.4 is 14.9 Å². The lowest BCUT2D eigenvalue weighted by Gasteiger charge is -2.14. The molecule has 32 heavy (non-hydrogen) atoms. The van der Waals surface area contributed by atoms with Crippen LogP contribution >= 0.6 is 15.9 Å². The van der Waals surface area contributed by atoms with Gasteiger partial charge in [-0.15, -0.1) is 0 Å². The lowest BCUT2D eigenvalue weighted by atomic mass is 10.2. The average Bonchev–Trinajstić information content (AvgIpc) is 3.20. The van der Waals surface area contributed by atoms with Crippen molar-refractivity contribution < 1.29 is 23.6 Å². The summed E-state index contributed by atoms with van der Waals surface area (Å²) in [6.07, 6.45) is 1.47. The maximum Gasteiger partial charge on any atom is 0.307 e. The molecule has 0 radical (unpaired) electrons. The molecule has 0 aliphatic heterocycles. The molecule has 0 aliphatic carbocycles. The lowest BCUT2D eigenvalue weighted by Crippen LogP contribution is -2.16. The van der Waals surface area contributed by atoms with E-state index in [1.165, 1.54) is 18.3 Å². The molecule has 0 fully saturated rings. The van der Waals surface area contributed by atoms with E-state index in [9.17, 15) is 14.9 Å². The Morgan fingerprint density at radius 3 is 2.59 bits per heavy atom. The highest BCUT2D eigenvalue weighted by atomic mass is 79.9. The summed E-state index contributed by atoms with van der Waals surface area (Å²) in [7, 11) is 0. The summed E-state index contributed by atoms with van der Waals surface area (Å²) in [6, 6.07) is 12.9. The number of ether oxygens (including phenoxy) is 2. The van der Waals surface area contributed by atoms with Crippen molar-refractivity contribution in [3.05, 3.63) is 85.8 Å². The Hall–Kier alpha value is -3.66. The molecule has 0 spiro atoms. The summed E-state index contributed by atoms with van der Waals surface area (Å²) in [6.45, 7) is 4.21. The van der Waals surface area contributed by atoms with Crippen molar-refractivity contribution in [1.29, 1.82) is 0 Å². The number of benzene rings is 2. The molecule has 1 N–H and O–H groups in total. The van der Waals surface area contributed by atoms with Gasteiger partial charge < -0.3 is 13.9 Å². The third-order valence-corrected chi connectivity index (χ3v) is 4.79. The molecule has 3 rings (SSSR count). The first-order chi connectivity index (χ1) is 15.4. The van der Waals surface area contributed by atoms with Gasteiger partial charge in [-0.05, 0) is 77.3 Å². The summed E-state index contributed by atoms with van der Waals surface area (Å²) < 4.78 is 17.5. The van der Waals surface area contributed by atoms with Gasteiger partial charge in [-0.2, -0.15) is 5.10 Å². The van der Waals surface area contributed by atoms with Crippen LogP contribution in [0.2, 0.25) is 0 Å². The molecule has 10 heteroatoms. The minimum absolute atomic E-state index is 0.0165. The summed E-state index contributed by atoms with van der Waals surface area (Å²) in [5.41, 5.74) is 3.86. The number of aryl methyl sites for hydroxylation is 1. The molecule has 166 valence electrons. The SMILES string of the molecule is CCOc1cc(/C=N\NC(=O)c2ccc(C)o2)cc(Br)c1OCc1ccc([N+](=O)[O-])cc1. The number of hydrogen-bond donors (Lipinski definition) is 1. The molecule has 0 saturated heterocycles. The second-order valence-electron chi connectivity index (χ2n) is 6.58. The van der Waals surface area contributed by atoms with Crippen LogP contribution in [0.5, 0.6) is 11.5 Å². The molecule has 3 aromatic rings. The van der Waals surface area contributed by atoms with Crippen LogP contribution in [0.25, 0.3) is 0 Å². The zero-order chi connectivity index (χ0) is 23.1. The van der Waals surface area contributed by atoms with Crippen LogP contribution in [0.4, 0.5) is 5.69 Å². The predicted molar refractivity (Wildman–Crippen MR) is 121 cm³/mol. The molecule has 1 aromatic heterocycles. The number of carbonyl (C=O) groups is 1. The molecule has 0 saturated carbocycles. The first kappa shape index (κ1) is 23.0. The number of nitro benzene ring substituents is 1. The summed E-state index contributed by atoms with van der Waals surface area (Å²) in [5.74, 6) is 1.32. The number of nitrogens with one attached hydrogen (secondary N) is 1. The van der Waals surface area contributed by atoms with Gasteiger partial charge in [0, 0.05) is 12.1 Å². The zero-order valence-corrected chi connectivity index (χ0v) is 18.9. The molecule has 0 aliphatic rings. The van der Waals surface area contributed by atoms with Gasteiger partial charge in [-0.25, -0.2) is 5.43 Å². The Kier molecular flexibility index (Phi) is 7.61. The molecule has 9 nitrogen and oxygen atoms in total. The van der Waals surface area contributed by atoms with Gasteiger partial charge in [0.25, 0.3) is 5.69 Å². The fourth-order valence-electron chi connectivity index (χ4n) is 2.71. The number of hydrogen-bond acceptors (Lipinski definition) is 7. The van der Waals surface area contributed by atoms with Gasteiger partial charge in [-0.3, -0.25) is 14.9 Å². The molecule has 0 unspecified atom stereocenters. The van der Waals surface area contributed by atoms with E-state index in [0.717, 1.165) is 5.56 Å². The summed E-state index contributed by atoms with van der Waals surface area (Å²) >= 11 is 3.47.